The number of hydrogen-bond acceptors (Lipinski definition) is 3. The Labute approximate surface area is 176 Å². The van der Waals surface area contributed by atoms with Gasteiger partial charge in [0.2, 0.25) is 0 Å². The topological polar surface area (TPSA) is 19.4 Å². The fourth-order valence-corrected chi connectivity index (χ4v) is 4.29. The third kappa shape index (κ3) is 3.66. The van der Waals surface area contributed by atoms with E-state index >= 15 is 0 Å². The number of rotatable bonds is 4. The van der Waals surface area contributed by atoms with Crippen LogP contribution in [0.5, 0.6) is 0 Å². The summed E-state index contributed by atoms with van der Waals surface area (Å²) in [5.41, 5.74) is 3.02. The van der Waals surface area contributed by atoms with Crippen LogP contribution in [-0.4, -0.2) is 36.1 Å². The molecule has 1 aliphatic rings. The van der Waals surface area contributed by atoms with Crippen molar-refractivity contribution in [3.05, 3.63) is 108 Å². The normalized spacial score (nSPS) is 15.1. The minimum atomic E-state index is -0.283. The first-order valence-corrected chi connectivity index (χ1v) is 10.4. The van der Waals surface area contributed by atoms with Crippen molar-refractivity contribution in [1.82, 2.24) is 9.88 Å². The number of para-hydroxylation sites is 1. The summed E-state index contributed by atoms with van der Waals surface area (Å²) < 4.78 is 14.2. The molecule has 4 aromatic rings. The summed E-state index contributed by atoms with van der Waals surface area (Å²) in [5, 5.41) is 0.783. The fraction of sp³-hybridized carbons (Fsp3) is 0.192. The van der Waals surface area contributed by atoms with E-state index < -0.39 is 0 Å². The van der Waals surface area contributed by atoms with E-state index in [0.29, 0.717) is 5.52 Å². The van der Waals surface area contributed by atoms with Crippen molar-refractivity contribution >= 4 is 16.7 Å². The summed E-state index contributed by atoms with van der Waals surface area (Å²) in [4.78, 5) is 9.28. The van der Waals surface area contributed by atoms with Gasteiger partial charge >= 0.3 is 0 Å². The van der Waals surface area contributed by atoms with Gasteiger partial charge in [-0.1, -0.05) is 72.8 Å². The van der Waals surface area contributed by atoms with Crippen LogP contribution in [0.15, 0.2) is 84.9 Å². The summed E-state index contributed by atoms with van der Waals surface area (Å²) in [6, 6.07) is 31.7. The van der Waals surface area contributed by atoms with E-state index in [4.69, 9.17) is 0 Å². The molecule has 4 heteroatoms. The molecule has 3 nitrogen and oxygen atoms in total. The van der Waals surface area contributed by atoms with Crippen LogP contribution < -0.4 is 4.90 Å². The van der Waals surface area contributed by atoms with Crippen LogP contribution in [0.1, 0.15) is 17.2 Å². The molecular weight excluding hydrogens is 373 g/mol. The molecule has 1 fully saturated rings. The van der Waals surface area contributed by atoms with Gasteiger partial charge in [0.15, 0.2) is 0 Å². The SMILES string of the molecule is Fc1cccc2c[c]c(N3CCN(C(c4ccccc4)c4ccccc4)CC3)nc12. The van der Waals surface area contributed by atoms with E-state index in [1.807, 2.05) is 12.1 Å². The average molecular weight is 396 g/mol. The number of nitrogens with zero attached hydrogens (tertiary/aromatic N) is 3. The molecule has 1 aliphatic heterocycles. The van der Waals surface area contributed by atoms with Crippen LogP contribution in [0.4, 0.5) is 10.2 Å². The summed E-state index contributed by atoms with van der Waals surface area (Å²) >= 11 is 0. The lowest BCUT2D eigenvalue weighted by molar-refractivity contribution is 0.212. The number of halogens is 1. The van der Waals surface area contributed by atoms with E-state index in [2.05, 4.69) is 81.5 Å². The molecule has 0 amide bonds. The van der Waals surface area contributed by atoms with Gasteiger partial charge in [0, 0.05) is 37.6 Å². The fourth-order valence-electron chi connectivity index (χ4n) is 4.29. The van der Waals surface area contributed by atoms with Crippen LogP contribution in [-0.2, 0) is 0 Å². The molecule has 0 aliphatic carbocycles. The number of fused-ring (bicyclic) bond motifs is 1. The van der Waals surface area contributed by atoms with Crippen molar-refractivity contribution in [2.45, 2.75) is 6.04 Å². The van der Waals surface area contributed by atoms with Gasteiger partial charge in [-0.25, -0.2) is 9.37 Å². The second kappa shape index (κ2) is 8.25. The molecule has 1 radical (unpaired) electrons. The molecule has 0 spiro atoms. The first kappa shape index (κ1) is 18.8. The molecule has 0 saturated carbocycles. The van der Waals surface area contributed by atoms with E-state index in [1.54, 1.807) is 6.07 Å². The Morgan fingerprint density at radius 1 is 0.767 bits per heavy atom. The third-order valence-corrected chi connectivity index (χ3v) is 5.80. The Morgan fingerprint density at radius 2 is 1.40 bits per heavy atom. The maximum atomic E-state index is 14.2. The standard InChI is InChI=1S/C26H23FN3/c27-23-13-7-12-20-14-15-24(28-25(20)23)29-16-18-30(19-17-29)26(21-8-3-1-4-9-21)22-10-5-2-6-11-22/h1-14,26H,16-19H2. The van der Waals surface area contributed by atoms with Crippen molar-refractivity contribution in [2.24, 2.45) is 0 Å². The average Bonchev–Trinajstić information content (AvgIpc) is 2.81. The van der Waals surface area contributed by atoms with E-state index in [0.717, 1.165) is 37.4 Å². The zero-order valence-electron chi connectivity index (χ0n) is 16.7. The number of pyridine rings is 1. The molecule has 1 saturated heterocycles. The molecule has 0 bridgehead atoms. The third-order valence-electron chi connectivity index (χ3n) is 5.80. The highest BCUT2D eigenvalue weighted by atomic mass is 19.1. The van der Waals surface area contributed by atoms with Gasteiger partial charge in [0.1, 0.15) is 17.2 Å². The zero-order valence-corrected chi connectivity index (χ0v) is 16.7. The van der Waals surface area contributed by atoms with Gasteiger partial charge in [-0.15, -0.1) is 0 Å². The molecule has 30 heavy (non-hydrogen) atoms. The van der Waals surface area contributed by atoms with E-state index in [9.17, 15) is 4.39 Å². The molecule has 0 atom stereocenters. The minimum absolute atomic E-state index is 0.223. The molecule has 149 valence electrons. The molecular formula is C26H23FN3. The number of hydrogen-bond donors (Lipinski definition) is 0. The predicted molar refractivity (Wildman–Crippen MR) is 119 cm³/mol. The van der Waals surface area contributed by atoms with Crippen molar-refractivity contribution < 1.29 is 4.39 Å². The Morgan fingerprint density at radius 3 is 2.03 bits per heavy atom. The lowest BCUT2D eigenvalue weighted by Crippen LogP contribution is -2.48. The Balaban J connectivity index is 1.38. The first-order valence-electron chi connectivity index (χ1n) is 10.4. The maximum absolute atomic E-state index is 14.2. The highest BCUT2D eigenvalue weighted by molar-refractivity contribution is 5.80. The smallest absolute Gasteiger partial charge is 0.149 e. The molecule has 0 N–H and O–H groups in total. The predicted octanol–water partition coefficient (Wildman–Crippen LogP) is 5.09. The van der Waals surface area contributed by atoms with Crippen LogP contribution >= 0.6 is 0 Å². The van der Waals surface area contributed by atoms with Crippen molar-refractivity contribution in [3.8, 4) is 0 Å². The van der Waals surface area contributed by atoms with Crippen molar-refractivity contribution in [3.63, 3.8) is 0 Å². The second-order valence-corrected chi connectivity index (χ2v) is 7.65. The monoisotopic (exact) mass is 396 g/mol. The Bertz CT molecular complexity index is 1080. The lowest BCUT2D eigenvalue weighted by Gasteiger charge is -2.40. The highest BCUT2D eigenvalue weighted by Crippen LogP contribution is 2.30. The molecule has 1 aromatic heterocycles. The zero-order chi connectivity index (χ0) is 20.3. The van der Waals surface area contributed by atoms with Crippen LogP contribution in [0, 0.1) is 11.9 Å². The van der Waals surface area contributed by atoms with E-state index in [-0.39, 0.29) is 11.9 Å². The largest absolute Gasteiger partial charge is 0.354 e. The molecule has 2 heterocycles. The number of benzene rings is 3. The maximum Gasteiger partial charge on any atom is 0.149 e. The van der Waals surface area contributed by atoms with Crippen LogP contribution in [0.25, 0.3) is 10.9 Å². The number of piperazine rings is 1. The lowest BCUT2D eigenvalue weighted by atomic mass is 9.96. The first-order chi connectivity index (χ1) is 14.8. The Kier molecular flexibility index (Phi) is 5.16. The highest BCUT2D eigenvalue weighted by Gasteiger charge is 2.27. The van der Waals surface area contributed by atoms with Crippen molar-refractivity contribution in [2.75, 3.05) is 31.1 Å². The summed E-state index contributed by atoms with van der Waals surface area (Å²) in [5.74, 6) is 0.442. The number of anilines is 1. The van der Waals surface area contributed by atoms with Gasteiger partial charge in [0.05, 0.1) is 6.04 Å². The molecule has 0 unspecified atom stereocenters. The molecule has 5 rings (SSSR count). The number of aromatic nitrogens is 1. The van der Waals surface area contributed by atoms with Gasteiger partial charge in [-0.2, -0.15) is 0 Å². The van der Waals surface area contributed by atoms with E-state index in [1.165, 1.54) is 17.2 Å². The molecule has 3 aromatic carbocycles. The van der Waals surface area contributed by atoms with Crippen LogP contribution in [0.2, 0.25) is 0 Å². The Hall–Kier alpha value is -3.24. The van der Waals surface area contributed by atoms with Gasteiger partial charge in [-0.3, -0.25) is 4.90 Å². The van der Waals surface area contributed by atoms with Gasteiger partial charge in [-0.05, 0) is 23.3 Å². The van der Waals surface area contributed by atoms with Gasteiger partial charge in [0.25, 0.3) is 0 Å². The van der Waals surface area contributed by atoms with Gasteiger partial charge < -0.3 is 4.90 Å². The quantitative estimate of drug-likeness (QED) is 0.479. The summed E-state index contributed by atoms with van der Waals surface area (Å²) in [6.45, 7) is 3.47. The summed E-state index contributed by atoms with van der Waals surface area (Å²) in [7, 11) is 0. The van der Waals surface area contributed by atoms with Crippen molar-refractivity contribution in [1.29, 1.82) is 0 Å². The minimum Gasteiger partial charge on any atom is -0.354 e. The van der Waals surface area contributed by atoms with Crippen LogP contribution in [0.3, 0.4) is 0 Å². The summed E-state index contributed by atoms with van der Waals surface area (Å²) in [6.07, 6.45) is 0. The second-order valence-electron chi connectivity index (χ2n) is 7.65.